The number of ether oxygens (including phenoxy) is 1. The van der Waals surface area contributed by atoms with Crippen molar-refractivity contribution in [2.45, 2.75) is 13.0 Å². The van der Waals surface area contributed by atoms with Crippen LogP contribution in [0, 0.1) is 5.82 Å². The van der Waals surface area contributed by atoms with E-state index in [0.717, 1.165) is 5.56 Å². The molecule has 2 rings (SSSR count). The summed E-state index contributed by atoms with van der Waals surface area (Å²) in [6.45, 7) is 2.95. The second-order valence-corrected chi connectivity index (χ2v) is 4.98. The van der Waals surface area contributed by atoms with Gasteiger partial charge in [-0.3, -0.25) is 4.79 Å². The molecule has 4 nitrogen and oxygen atoms in total. The third-order valence-corrected chi connectivity index (χ3v) is 3.36. The molecule has 1 aliphatic heterocycles. The molecule has 0 saturated carbocycles. The van der Waals surface area contributed by atoms with Crippen LogP contribution in [0.4, 0.5) is 10.1 Å². The Morgan fingerprint density at radius 1 is 1.40 bits per heavy atom. The van der Waals surface area contributed by atoms with E-state index in [2.05, 4.69) is 5.32 Å². The molecule has 0 unspecified atom stereocenters. The van der Waals surface area contributed by atoms with Crippen LogP contribution >= 0.6 is 11.6 Å². The molecule has 1 aliphatic rings. The maximum Gasteiger partial charge on any atom is 0.221 e. The number of benzene rings is 1. The number of halogens is 2. The number of morpholine rings is 1. The molecular formula is C14H18ClFN2O2. The minimum absolute atomic E-state index is 0.127. The van der Waals surface area contributed by atoms with E-state index in [1.54, 1.807) is 6.07 Å². The molecule has 1 N–H and O–H groups in total. The standard InChI is InChI=1S/C14H18ClFN2O2/c15-4-3-14(19)17-10-11-1-2-13(12(16)9-11)18-5-7-20-8-6-18/h1-2,9H,3-8,10H2,(H,17,19). The first kappa shape index (κ1) is 15.1. The number of nitrogens with one attached hydrogen (secondary N) is 1. The second-order valence-electron chi connectivity index (χ2n) is 4.60. The highest BCUT2D eigenvalue weighted by Gasteiger charge is 2.15. The van der Waals surface area contributed by atoms with E-state index in [-0.39, 0.29) is 24.0 Å². The van der Waals surface area contributed by atoms with Gasteiger partial charge in [-0.2, -0.15) is 0 Å². The molecule has 0 atom stereocenters. The number of carbonyl (C=O) groups is 1. The van der Waals surface area contributed by atoms with Crippen LogP contribution in [0.3, 0.4) is 0 Å². The Morgan fingerprint density at radius 2 is 2.15 bits per heavy atom. The number of rotatable bonds is 5. The third-order valence-electron chi connectivity index (χ3n) is 3.18. The lowest BCUT2D eigenvalue weighted by Crippen LogP contribution is -2.36. The topological polar surface area (TPSA) is 41.6 Å². The maximum absolute atomic E-state index is 14.1. The average Bonchev–Trinajstić information content (AvgIpc) is 2.46. The number of hydrogen-bond donors (Lipinski definition) is 1. The van der Waals surface area contributed by atoms with Crippen molar-refractivity contribution in [1.29, 1.82) is 0 Å². The Hall–Kier alpha value is -1.33. The largest absolute Gasteiger partial charge is 0.378 e. The SMILES string of the molecule is O=C(CCCl)NCc1ccc(N2CCOCC2)c(F)c1. The van der Waals surface area contributed by atoms with Crippen LogP contribution in [0.5, 0.6) is 0 Å². The Bertz CT molecular complexity index is 464. The number of carbonyl (C=O) groups excluding carboxylic acids is 1. The molecule has 20 heavy (non-hydrogen) atoms. The summed E-state index contributed by atoms with van der Waals surface area (Å²) in [5.41, 5.74) is 1.33. The zero-order chi connectivity index (χ0) is 14.4. The predicted molar refractivity (Wildman–Crippen MR) is 76.6 cm³/mol. The summed E-state index contributed by atoms with van der Waals surface area (Å²) in [5.74, 6) is -0.107. The number of amides is 1. The molecular weight excluding hydrogens is 283 g/mol. The van der Waals surface area contributed by atoms with Crippen molar-refractivity contribution >= 4 is 23.2 Å². The van der Waals surface area contributed by atoms with Gasteiger partial charge in [0.2, 0.25) is 5.91 Å². The number of hydrogen-bond acceptors (Lipinski definition) is 3. The fraction of sp³-hybridized carbons (Fsp3) is 0.500. The van der Waals surface area contributed by atoms with E-state index in [1.165, 1.54) is 6.07 Å². The molecule has 1 fully saturated rings. The van der Waals surface area contributed by atoms with Crippen molar-refractivity contribution < 1.29 is 13.9 Å². The first-order valence-electron chi connectivity index (χ1n) is 6.64. The van der Waals surface area contributed by atoms with Crippen molar-refractivity contribution in [2.75, 3.05) is 37.1 Å². The van der Waals surface area contributed by atoms with Crippen LogP contribution in [0.15, 0.2) is 18.2 Å². The Balaban J connectivity index is 1.96. The van der Waals surface area contributed by atoms with Crippen LogP contribution in [-0.4, -0.2) is 38.1 Å². The van der Waals surface area contributed by atoms with E-state index in [9.17, 15) is 9.18 Å². The first-order chi connectivity index (χ1) is 9.70. The highest BCUT2D eigenvalue weighted by molar-refractivity contribution is 6.18. The quantitative estimate of drug-likeness (QED) is 0.845. The Morgan fingerprint density at radius 3 is 2.80 bits per heavy atom. The van der Waals surface area contributed by atoms with Crippen molar-refractivity contribution in [3.8, 4) is 0 Å². The molecule has 1 saturated heterocycles. The molecule has 0 radical (unpaired) electrons. The van der Waals surface area contributed by atoms with Crippen molar-refractivity contribution in [2.24, 2.45) is 0 Å². The summed E-state index contributed by atoms with van der Waals surface area (Å²) in [6, 6.07) is 5.05. The predicted octanol–water partition coefficient (Wildman–Crippen LogP) is 1.91. The molecule has 0 bridgehead atoms. The van der Waals surface area contributed by atoms with Crippen molar-refractivity contribution in [1.82, 2.24) is 5.32 Å². The highest BCUT2D eigenvalue weighted by Crippen LogP contribution is 2.21. The third kappa shape index (κ3) is 4.08. The number of alkyl halides is 1. The van der Waals surface area contributed by atoms with E-state index in [1.807, 2.05) is 11.0 Å². The van der Waals surface area contributed by atoms with Crippen LogP contribution in [0.25, 0.3) is 0 Å². The highest BCUT2D eigenvalue weighted by atomic mass is 35.5. The van der Waals surface area contributed by atoms with Crippen LogP contribution in [0.1, 0.15) is 12.0 Å². The van der Waals surface area contributed by atoms with E-state index in [4.69, 9.17) is 16.3 Å². The molecule has 0 aliphatic carbocycles. The summed E-state index contributed by atoms with van der Waals surface area (Å²) >= 11 is 5.47. The lowest BCUT2D eigenvalue weighted by Gasteiger charge is -2.29. The fourth-order valence-corrected chi connectivity index (χ4v) is 2.27. The normalized spacial score (nSPS) is 15.2. The summed E-state index contributed by atoms with van der Waals surface area (Å²) < 4.78 is 19.3. The van der Waals surface area contributed by atoms with Gasteiger partial charge in [0.1, 0.15) is 5.82 Å². The monoisotopic (exact) mass is 300 g/mol. The fourth-order valence-electron chi connectivity index (χ4n) is 2.10. The molecule has 1 aromatic carbocycles. The average molecular weight is 301 g/mol. The Kier molecular flexibility index (Phi) is 5.61. The zero-order valence-corrected chi connectivity index (χ0v) is 12.0. The van der Waals surface area contributed by atoms with Gasteiger partial charge < -0.3 is 15.0 Å². The van der Waals surface area contributed by atoms with Gasteiger partial charge in [-0.1, -0.05) is 6.07 Å². The second kappa shape index (κ2) is 7.45. The summed E-state index contributed by atoms with van der Waals surface area (Å²) in [5, 5.41) is 2.70. The van der Waals surface area contributed by atoms with Gasteiger partial charge in [-0.25, -0.2) is 4.39 Å². The van der Waals surface area contributed by atoms with Crippen LogP contribution < -0.4 is 10.2 Å². The first-order valence-corrected chi connectivity index (χ1v) is 7.18. The van der Waals surface area contributed by atoms with Crippen molar-refractivity contribution in [3.05, 3.63) is 29.6 Å². The number of nitrogens with zero attached hydrogens (tertiary/aromatic N) is 1. The molecule has 6 heteroatoms. The van der Waals surface area contributed by atoms with Gasteiger partial charge in [0.05, 0.1) is 18.9 Å². The van der Waals surface area contributed by atoms with Gasteiger partial charge in [0.25, 0.3) is 0 Å². The number of anilines is 1. The van der Waals surface area contributed by atoms with Crippen LogP contribution in [0.2, 0.25) is 0 Å². The van der Waals surface area contributed by atoms with E-state index >= 15 is 0 Å². The lowest BCUT2D eigenvalue weighted by molar-refractivity contribution is -0.120. The summed E-state index contributed by atoms with van der Waals surface area (Å²) in [4.78, 5) is 13.3. The minimum Gasteiger partial charge on any atom is -0.378 e. The Labute approximate surface area is 122 Å². The van der Waals surface area contributed by atoms with Gasteiger partial charge >= 0.3 is 0 Å². The summed E-state index contributed by atoms with van der Waals surface area (Å²) in [6.07, 6.45) is 0.274. The van der Waals surface area contributed by atoms with Crippen LogP contribution in [-0.2, 0) is 16.1 Å². The minimum atomic E-state index is -0.268. The molecule has 1 aromatic rings. The molecule has 110 valence electrons. The van der Waals surface area contributed by atoms with Gasteiger partial charge in [0.15, 0.2) is 0 Å². The van der Waals surface area contributed by atoms with Crippen molar-refractivity contribution in [3.63, 3.8) is 0 Å². The lowest BCUT2D eigenvalue weighted by atomic mass is 10.1. The maximum atomic E-state index is 14.1. The molecule has 1 amide bonds. The van der Waals surface area contributed by atoms with E-state index < -0.39 is 0 Å². The van der Waals surface area contributed by atoms with Gasteiger partial charge in [0, 0.05) is 31.9 Å². The molecule has 1 heterocycles. The van der Waals surface area contributed by atoms with Gasteiger partial charge in [-0.05, 0) is 17.7 Å². The zero-order valence-electron chi connectivity index (χ0n) is 11.2. The van der Waals surface area contributed by atoms with Gasteiger partial charge in [-0.15, -0.1) is 11.6 Å². The summed E-state index contributed by atoms with van der Waals surface area (Å²) in [7, 11) is 0. The molecule has 0 aromatic heterocycles. The molecule has 0 spiro atoms. The smallest absolute Gasteiger partial charge is 0.221 e. The van der Waals surface area contributed by atoms with E-state index in [0.29, 0.717) is 38.5 Å².